The summed E-state index contributed by atoms with van der Waals surface area (Å²) >= 11 is 1.57. The number of aromatic nitrogens is 1. The highest BCUT2D eigenvalue weighted by atomic mass is 32.1. The summed E-state index contributed by atoms with van der Waals surface area (Å²) in [7, 11) is 0. The molecule has 1 aliphatic heterocycles. The first kappa shape index (κ1) is 15.3. The van der Waals surface area contributed by atoms with Crippen molar-refractivity contribution in [3.8, 4) is 0 Å². The molecule has 1 saturated heterocycles. The largest absolute Gasteiger partial charge is 0.481 e. The van der Waals surface area contributed by atoms with Gasteiger partial charge in [0.05, 0.1) is 12.1 Å². The van der Waals surface area contributed by atoms with E-state index < -0.39 is 5.97 Å². The Hall–Kier alpha value is -1.10. The second kappa shape index (κ2) is 6.12. The van der Waals surface area contributed by atoms with E-state index in [0.717, 1.165) is 24.1 Å². The van der Waals surface area contributed by atoms with Gasteiger partial charge in [-0.05, 0) is 30.6 Å². The molecule has 0 spiro atoms. The molecular formula is C15H24N2O2S. The van der Waals surface area contributed by atoms with Gasteiger partial charge in [-0.2, -0.15) is 0 Å². The van der Waals surface area contributed by atoms with E-state index in [0.29, 0.717) is 11.1 Å². The van der Waals surface area contributed by atoms with Crippen LogP contribution in [0.3, 0.4) is 0 Å². The maximum Gasteiger partial charge on any atom is 0.309 e. The Morgan fingerprint density at radius 1 is 1.45 bits per heavy atom. The molecule has 0 amide bonds. The molecule has 1 fully saturated rings. The molecule has 0 aliphatic carbocycles. The average Bonchev–Trinajstić information content (AvgIpc) is 2.62. The molecule has 0 saturated carbocycles. The molecule has 5 heteroatoms. The number of carboxylic acid groups (broad SMARTS) is 1. The molecule has 4 nitrogen and oxygen atoms in total. The van der Waals surface area contributed by atoms with Crippen LogP contribution in [0.2, 0.25) is 0 Å². The number of nitrogens with zero attached hydrogens (tertiary/aromatic N) is 2. The van der Waals surface area contributed by atoms with E-state index >= 15 is 0 Å². The number of hydrogen-bond donors (Lipinski definition) is 1. The molecule has 2 heterocycles. The molecule has 1 atom stereocenters. The zero-order valence-electron chi connectivity index (χ0n) is 12.6. The first-order chi connectivity index (χ1) is 9.36. The zero-order chi connectivity index (χ0) is 14.8. The van der Waals surface area contributed by atoms with Crippen LogP contribution < -0.4 is 4.90 Å². The van der Waals surface area contributed by atoms with Crippen LogP contribution in [0.25, 0.3) is 0 Å². The van der Waals surface area contributed by atoms with Crippen molar-refractivity contribution >= 4 is 22.4 Å². The summed E-state index contributed by atoms with van der Waals surface area (Å²) < 4.78 is 0. The third-order valence-electron chi connectivity index (χ3n) is 4.10. The quantitative estimate of drug-likeness (QED) is 0.928. The van der Waals surface area contributed by atoms with E-state index in [9.17, 15) is 4.79 Å². The first-order valence-electron chi connectivity index (χ1n) is 7.27. The summed E-state index contributed by atoms with van der Waals surface area (Å²) in [4.78, 5) is 17.5. The topological polar surface area (TPSA) is 53.4 Å². The van der Waals surface area contributed by atoms with Crippen LogP contribution in [0.4, 0.5) is 5.13 Å². The van der Waals surface area contributed by atoms with Crippen molar-refractivity contribution in [2.24, 2.45) is 11.3 Å². The highest BCUT2D eigenvalue weighted by Crippen LogP contribution is 2.35. The summed E-state index contributed by atoms with van der Waals surface area (Å²) in [5, 5.41) is 11.7. The van der Waals surface area contributed by atoms with Gasteiger partial charge in [-0.1, -0.05) is 20.8 Å². The van der Waals surface area contributed by atoms with Crippen LogP contribution in [0.1, 0.15) is 45.7 Å². The number of hydrogen-bond acceptors (Lipinski definition) is 4. The lowest BCUT2D eigenvalue weighted by Gasteiger charge is -2.29. The minimum absolute atomic E-state index is 0.0228. The fourth-order valence-electron chi connectivity index (χ4n) is 2.83. The number of carboxylic acids is 1. The van der Waals surface area contributed by atoms with Crippen LogP contribution in [-0.4, -0.2) is 29.1 Å². The Morgan fingerprint density at radius 3 is 2.85 bits per heavy atom. The van der Waals surface area contributed by atoms with Crippen LogP contribution in [0.15, 0.2) is 5.38 Å². The molecule has 0 aromatic carbocycles. The Labute approximate surface area is 124 Å². The molecule has 1 aliphatic rings. The van der Waals surface area contributed by atoms with Crippen molar-refractivity contribution < 1.29 is 9.90 Å². The van der Waals surface area contributed by atoms with Gasteiger partial charge in [0.15, 0.2) is 5.13 Å². The molecule has 1 unspecified atom stereocenters. The number of aliphatic carboxylic acids is 1. The maximum absolute atomic E-state index is 10.7. The molecule has 0 radical (unpaired) electrons. The summed E-state index contributed by atoms with van der Waals surface area (Å²) in [6, 6.07) is 0. The van der Waals surface area contributed by atoms with Gasteiger partial charge in [0, 0.05) is 18.5 Å². The van der Waals surface area contributed by atoms with Gasteiger partial charge >= 0.3 is 5.97 Å². The molecule has 2 rings (SSSR count). The summed E-state index contributed by atoms with van der Waals surface area (Å²) in [6.07, 6.45) is 3.68. The van der Waals surface area contributed by atoms with E-state index in [-0.39, 0.29) is 6.42 Å². The maximum atomic E-state index is 10.7. The Bertz CT molecular complexity index is 465. The summed E-state index contributed by atoms with van der Waals surface area (Å²) in [6.45, 7) is 9.03. The number of anilines is 1. The van der Waals surface area contributed by atoms with E-state index in [1.54, 1.807) is 11.3 Å². The van der Waals surface area contributed by atoms with Crippen molar-refractivity contribution in [1.29, 1.82) is 0 Å². The van der Waals surface area contributed by atoms with Crippen molar-refractivity contribution in [1.82, 2.24) is 4.98 Å². The van der Waals surface area contributed by atoms with Crippen LogP contribution in [0, 0.1) is 11.3 Å². The SMILES string of the molecule is CC(C)(C)C1CCCN(c2nc(CC(=O)O)cs2)CC1. The number of rotatable bonds is 3. The molecule has 1 aromatic heterocycles. The molecule has 1 aromatic rings. The minimum atomic E-state index is -0.814. The Morgan fingerprint density at radius 2 is 2.20 bits per heavy atom. The third-order valence-corrected chi connectivity index (χ3v) is 5.05. The van der Waals surface area contributed by atoms with E-state index in [4.69, 9.17) is 5.11 Å². The number of thiazole rings is 1. The zero-order valence-corrected chi connectivity index (χ0v) is 13.4. The summed E-state index contributed by atoms with van der Waals surface area (Å²) in [5.41, 5.74) is 1.04. The Balaban J connectivity index is 2.00. The number of carbonyl (C=O) groups is 1. The summed E-state index contributed by atoms with van der Waals surface area (Å²) in [5.74, 6) is -0.0588. The normalized spacial score (nSPS) is 20.8. The van der Waals surface area contributed by atoms with Crippen LogP contribution in [0.5, 0.6) is 0 Å². The van der Waals surface area contributed by atoms with Gasteiger partial charge < -0.3 is 10.0 Å². The van der Waals surface area contributed by atoms with Crippen molar-refractivity contribution in [3.63, 3.8) is 0 Å². The van der Waals surface area contributed by atoms with Crippen molar-refractivity contribution in [3.05, 3.63) is 11.1 Å². The van der Waals surface area contributed by atoms with E-state index in [2.05, 4.69) is 30.7 Å². The molecule has 1 N–H and O–H groups in total. The minimum Gasteiger partial charge on any atom is -0.481 e. The van der Waals surface area contributed by atoms with Gasteiger partial charge in [0.25, 0.3) is 0 Å². The van der Waals surface area contributed by atoms with Gasteiger partial charge in [-0.15, -0.1) is 11.3 Å². The van der Waals surface area contributed by atoms with Gasteiger partial charge in [-0.25, -0.2) is 4.98 Å². The van der Waals surface area contributed by atoms with E-state index in [1.165, 1.54) is 19.3 Å². The predicted octanol–water partition coefficient (Wildman–Crippen LogP) is 3.42. The standard InChI is InChI=1S/C15H24N2O2S/c1-15(2,3)11-5-4-7-17(8-6-11)14-16-12(10-20-14)9-13(18)19/h10-11H,4-9H2,1-3H3,(H,18,19). The van der Waals surface area contributed by atoms with Gasteiger partial charge in [0.1, 0.15) is 0 Å². The molecular weight excluding hydrogens is 272 g/mol. The van der Waals surface area contributed by atoms with E-state index in [1.807, 2.05) is 5.38 Å². The fourth-order valence-corrected chi connectivity index (χ4v) is 3.71. The van der Waals surface area contributed by atoms with Crippen LogP contribution >= 0.6 is 11.3 Å². The lowest BCUT2D eigenvalue weighted by Crippen LogP contribution is -2.26. The second-order valence-corrected chi connectivity index (χ2v) is 7.51. The van der Waals surface area contributed by atoms with Crippen molar-refractivity contribution in [2.45, 2.75) is 46.5 Å². The lowest BCUT2D eigenvalue weighted by molar-refractivity contribution is -0.136. The van der Waals surface area contributed by atoms with Gasteiger partial charge in [0.2, 0.25) is 0 Å². The van der Waals surface area contributed by atoms with Crippen molar-refractivity contribution in [2.75, 3.05) is 18.0 Å². The Kier molecular flexibility index (Phi) is 4.68. The van der Waals surface area contributed by atoms with Gasteiger partial charge in [-0.3, -0.25) is 4.79 Å². The molecule has 0 bridgehead atoms. The fraction of sp³-hybridized carbons (Fsp3) is 0.733. The molecule has 112 valence electrons. The van der Waals surface area contributed by atoms with Crippen LogP contribution in [-0.2, 0) is 11.2 Å². The average molecular weight is 296 g/mol. The predicted molar refractivity (Wildman–Crippen MR) is 82.5 cm³/mol. The molecule has 20 heavy (non-hydrogen) atoms. The highest BCUT2D eigenvalue weighted by Gasteiger charge is 2.27. The lowest BCUT2D eigenvalue weighted by atomic mass is 9.77. The monoisotopic (exact) mass is 296 g/mol. The third kappa shape index (κ3) is 3.95. The highest BCUT2D eigenvalue weighted by molar-refractivity contribution is 7.13. The smallest absolute Gasteiger partial charge is 0.309 e. The first-order valence-corrected chi connectivity index (χ1v) is 8.15. The second-order valence-electron chi connectivity index (χ2n) is 6.67.